The Bertz CT molecular complexity index is 617. The highest BCUT2D eigenvalue weighted by molar-refractivity contribution is 7.09. The minimum atomic E-state index is -1.07. The molecule has 0 aliphatic rings. The summed E-state index contributed by atoms with van der Waals surface area (Å²) in [5, 5.41) is 13.6. The Labute approximate surface area is 113 Å². The Balaban J connectivity index is 2.08. The van der Waals surface area contributed by atoms with Crippen molar-refractivity contribution in [2.75, 3.05) is 0 Å². The summed E-state index contributed by atoms with van der Waals surface area (Å²) in [7, 11) is 1.78. The van der Waals surface area contributed by atoms with Crippen molar-refractivity contribution in [3.05, 3.63) is 40.1 Å². The van der Waals surface area contributed by atoms with E-state index in [0.717, 1.165) is 0 Å². The Morgan fingerprint density at radius 3 is 2.79 bits per heavy atom. The molecule has 0 saturated heterocycles. The fourth-order valence-corrected chi connectivity index (χ4v) is 2.41. The topological polar surface area (TPSA) is 84.2 Å². The van der Waals surface area contributed by atoms with Gasteiger partial charge in [-0.05, 0) is 19.1 Å². The predicted molar refractivity (Wildman–Crippen MR) is 70.4 cm³/mol. The number of aromatic carboxylic acids is 1. The molecule has 2 N–H and O–H groups in total. The van der Waals surface area contributed by atoms with Crippen molar-refractivity contribution in [1.29, 1.82) is 0 Å². The Morgan fingerprint density at radius 2 is 2.26 bits per heavy atom. The third-order valence-electron chi connectivity index (χ3n) is 2.64. The largest absolute Gasteiger partial charge is 0.476 e. The molecule has 0 aliphatic carbocycles. The molecule has 2 aromatic rings. The lowest BCUT2D eigenvalue weighted by Crippen LogP contribution is -2.28. The molecule has 2 heterocycles. The van der Waals surface area contributed by atoms with E-state index in [-0.39, 0.29) is 17.6 Å². The van der Waals surface area contributed by atoms with E-state index in [2.05, 4.69) is 10.3 Å². The number of nitrogens with zero attached hydrogens (tertiary/aromatic N) is 2. The molecule has 6 nitrogen and oxygen atoms in total. The van der Waals surface area contributed by atoms with Gasteiger partial charge in [-0.25, -0.2) is 9.78 Å². The zero-order chi connectivity index (χ0) is 14.0. The van der Waals surface area contributed by atoms with Crippen LogP contribution in [0.15, 0.2) is 23.7 Å². The second-order valence-electron chi connectivity index (χ2n) is 4.08. The summed E-state index contributed by atoms with van der Waals surface area (Å²) in [4.78, 5) is 26.7. The number of carboxylic acid groups (broad SMARTS) is 1. The van der Waals surface area contributed by atoms with Crippen LogP contribution in [0.4, 0.5) is 0 Å². The molecular weight excluding hydrogens is 266 g/mol. The van der Waals surface area contributed by atoms with Crippen molar-refractivity contribution in [2.45, 2.75) is 13.0 Å². The maximum Gasteiger partial charge on any atom is 0.355 e. The van der Waals surface area contributed by atoms with E-state index < -0.39 is 5.97 Å². The lowest BCUT2D eigenvalue weighted by Gasteiger charge is -2.11. The molecular formula is C12H13N3O3S. The lowest BCUT2D eigenvalue weighted by molar-refractivity contribution is 0.0691. The maximum atomic E-state index is 12.0. The quantitative estimate of drug-likeness (QED) is 0.891. The number of hydrogen-bond acceptors (Lipinski definition) is 4. The Hall–Kier alpha value is -2.15. The zero-order valence-corrected chi connectivity index (χ0v) is 11.3. The van der Waals surface area contributed by atoms with Gasteiger partial charge in [0.15, 0.2) is 5.69 Å². The number of aryl methyl sites for hydroxylation is 1. The highest BCUT2D eigenvalue weighted by Gasteiger charge is 2.17. The first-order chi connectivity index (χ1) is 8.99. The number of rotatable bonds is 4. The van der Waals surface area contributed by atoms with Gasteiger partial charge in [-0.1, -0.05) is 0 Å². The minimum Gasteiger partial charge on any atom is -0.476 e. The van der Waals surface area contributed by atoms with Crippen LogP contribution in [0.5, 0.6) is 0 Å². The normalized spacial score (nSPS) is 12.1. The van der Waals surface area contributed by atoms with Crippen LogP contribution >= 0.6 is 11.3 Å². The molecule has 0 aliphatic heterocycles. The number of nitrogens with one attached hydrogen (secondary N) is 1. The molecule has 1 amide bonds. The summed E-state index contributed by atoms with van der Waals surface area (Å²) in [6, 6.07) is 3.17. The monoisotopic (exact) mass is 279 g/mol. The zero-order valence-electron chi connectivity index (χ0n) is 10.5. The van der Waals surface area contributed by atoms with Gasteiger partial charge >= 0.3 is 5.97 Å². The van der Waals surface area contributed by atoms with Crippen LogP contribution in [0.2, 0.25) is 0 Å². The predicted octanol–water partition coefficient (Wildman–Crippen LogP) is 1.67. The molecule has 1 unspecified atom stereocenters. The molecule has 0 radical (unpaired) electrons. The van der Waals surface area contributed by atoms with Gasteiger partial charge in [-0.2, -0.15) is 0 Å². The van der Waals surface area contributed by atoms with Gasteiger partial charge in [0.25, 0.3) is 5.91 Å². The molecule has 19 heavy (non-hydrogen) atoms. The molecule has 0 spiro atoms. The number of thiazole rings is 1. The summed E-state index contributed by atoms with van der Waals surface area (Å²) in [5.74, 6) is -1.28. The van der Waals surface area contributed by atoms with E-state index in [4.69, 9.17) is 5.11 Å². The highest BCUT2D eigenvalue weighted by atomic mass is 32.1. The van der Waals surface area contributed by atoms with Gasteiger partial charge in [0, 0.05) is 18.6 Å². The van der Waals surface area contributed by atoms with E-state index in [1.807, 2.05) is 0 Å². The lowest BCUT2D eigenvalue weighted by atomic mass is 10.3. The number of carbonyl (C=O) groups excluding carboxylic acids is 1. The summed E-state index contributed by atoms with van der Waals surface area (Å²) < 4.78 is 1.71. The van der Waals surface area contributed by atoms with E-state index in [0.29, 0.717) is 10.7 Å². The van der Waals surface area contributed by atoms with Crippen LogP contribution in [0, 0.1) is 0 Å². The average molecular weight is 279 g/mol. The SMILES string of the molecule is CC(NC(=O)c1cccn1C)c1nc(C(=O)O)cs1. The first-order valence-electron chi connectivity index (χ1n) is 5.60. The van der Waals surface area contributed by atoms with Crippen LogP contribution in [0.25, 0.3) is 0 Å². The van der Waals surface area contributed by atoms with Crippen molar-refractivity contribution in [2.24, 2.45) is 7.05 Å². The summed E-state index contributed by atoms with van der Waals surface area (Å²) >= 11 is 1.22. The van der Waals surface area contributed by atoms with Gasteiger partial charge in [0.2, 0.25) is 0 Å². The fourth-order valence-electron chi connectivity index (χ4n) is 1.61. The van der Waals surface area contributed by atoms with Gasteiger partial charge in [0.1, 0.15) is 10.7 Å². The van der Waals surface area contributed by atoms with Crippen LogP contribution in [0.3, 0.4) is 0 Å². The van der Waals surface area contributed by atoms with Gasteiger partial charge in [-0.15, -0.1) is 11.3 Å². The van der Waals surface area contributed by atoms with E-state index in [1.54, 1.807) is 36.9 Å². The standard InChI is InChI=1S/C12H13N3O3S/c1-7(11-14-8(6-19-11)12(17)18)13-10(16)9-4-3-5-15(9)2/h3-7H,1-2H3,(H,13,16)(H,17,18). The number of amides is 1. The van der Waals surface area contributed by atoms with Gasteiger partial charge in [-0.3, -0.25) is 4.79 Å². The first-order valence-corrected chi connectivity index (χ1v) is 6.48. The number of aromatic nitrogens is 2. The van der Waals surface area contributed by atoms with Gasteiger partial charge < -0.3 is 15.0 Å². The molecule has 2 aromatic heterocycles. The molecule has 2 rings (SSSR count). The van der Waals surface area contributed by atoms with Crippen molar-refractivity contribution >= 4 is 23.2 Å². The summed E-state index contributed by atoms with van der Waals surface area (Å²) in [5.41, 5.74) is 0.543. The molecule has 0 fully saturated rings. The van der Waals surface area contributed by atoms with Crippen LogP contribution in [-0.2, 0) is 7.05 Å². The highest BCUT2D eigenvalue weighted by Crippen LogP contribution is 2.18. The van der Waals surface area contributed by atoms with E-state index in [9.17, 15) is 9.59 Å². The molecule has 100 valence electrons. The number of hydrogen-bond donors (Lipinski definition) is 2. The van der Waals surface area contributed by atoms with E-state index in [1.165, 1.54) is 16.7 Å². The molecule has 0 bridgehead atoms. The molecule has 0 aromatic carbocycles. The number of carboxylic acids is 1. The van der Waals surface area contributed by atoms with Crippen molar-refractivity contribution < 1.29 is 14.7 Å². The Kier molecular flexibility index (Phi) is 3.66. The first kappa shape index (κ1) is 13.3. The molecule has 7 heteroatoms. The van der Waals surface area contributed by atoms with Crippen LogP contribution < -0.4 is 5.32 Å². The van der Waals surface area contributed by atoms with Crippen LogP contribution in [0.1, 0.15) is 39.0 Å². The summed E-state index contributed by atoms with van der Waals surface area (Å²) in [6.45, 7) is 1.77. The van der Waals surface area contributed by atoms with Crippen molar-refractivity contribution in [3.63, 3.8) is 0 Å². The fraction of sp³-hybridized carbons (Fsp3) is 0.250. The van der Waals surface area contributed by atoms with Crippen molar-refractivity contribution in [3.8, 4) is 0 Å². The van der Waals surface area contributed by atoms with Gasteiger partial charge in [0.05, 0.1) is 6.04 Å². The third-order valence-corrected chi connectivity index (χ3v) is 3.66. The van der Waals surface area contributed by atoms with Crippen LogP contribution in [-0.4, -0.2) is 26.5 Å². The van der Waals surface area contributed by atoms with E-state index >= 15 is 0 Å². The summed E-state index contributed by atoms with van der Waals surface area (Å²) in [6.07, 6.45) is 1.78. The van der Waals surface area contributed by atoms with Crippen molar-refractivity contribution in [1.82, 2.24) is 14.9 Å². The molecule has 1 atom stereocenters. The smallest absolute Gasteiger partial charge is 0.355 e. The maximum absolute atomic E-state index is 12.0. The Morgan fingerprint density at radius 1 is 1.53 bits per heavy atom. The third kappa shape index (κ3) is 2.82. The average Bonchev–Trinajstić information content (AvgIpc) is 2.96. The molecule has 0 saturated carbocycles. The second kappa shape index (κ2) is 5.23. The number of carbonyl (C=O) groups is 2. The minimum absolute atomic E-state index is 0.0000318. The second-order valence-corrected chi connectivity index (χ2v) is 4.97.